The molecule has 0 saturated carbocycles. The molecule has 0 unspecified atom stereocenters. The Hall–Kier alpha value is -3.36. The van der Waals surface area contributed by atoms with E-state index in [0.29, 0.717) is 25.1 Å². The van der Waals surface area contributed by atoms with Crippen LogP contribution >= 0.6 is 0 Å². The van der Waals surface area contributed by atoms with Gasteiger partial charge in [-0.2, -0.15) is 5.10 Å². The predicted octanol–water partition coefficient (Wildman–Crippen LogP) is 1.64. The number of rotatable bonds is 7. The van der Waals surface area contributed by atoms with Crippen LogP contribution in [0.15, 0.2) is 43.1 Å². The van der Waals surface area contributed by atoms with Crippen LogP contribution in [0.5, 0.6) is 0 Å². The SMILES string of the molecule is CC(C)C[C@@H](C(=O)NCc1cccnc1-n1cncn1)N1C(=O)[C@H]2CC=CC[C@H]2C1=O. The Bertz CT molecular complexity index is 974. The molecule has 1 aliphatic carbocycles. The summed E-state index contributed by atoms with van der Waals surface area (Å²) >= 11 is 0. The molecule has 0 bridgehead atoms. The molecule has 0 aromatic carbocycles. The average molecular weight is 422 g/mol. The largest absolute Gasteiger partial charge is 0.350 e. The second kappa shape index (κ2) is 8.79. The molecule has 162 valence electrons. The van der Waals surface area contributed by atoms with E-state index in [1.165, 1.54) is 22.2 Å². The Kier molecular flexibility index (Phi) is 5.92. The van der Waals surface area contributed by atoms with Gasteiger partial charge in [-0.3, -0.25) is 19.3 Å². The van der Waals surface area contributed by atoms with Crippen molar-refractivity contribution in [3.63, 3.8) is 0 Å². The van der Waals surface area contributed by atoms with Gasteiger partial charge < -0.3 is 5.32 Å². The number of carbonyl (C=O) groups excluding carboxylic acids is 3. The Morgan fingerprint density at radius 1 is 1.19 bits per heavy atom. The van der Waals surface area contributed by atoms with E-state index in [4.69, 9.17) is 0 Å². The highest BCUT2D eigenvalue weighted by atomic mass is 16.2. The lowest BCUT2D eigenvalue weighted by Crippen LogP contribution is -2.50. The first-order valence-corrected chi connectivity index (χ1v) is 10.6. The Morgan fingerprint density at radius 2 is 1.90 bits per heavy atom. The third kappa shape index (κ3) is 4.12. The first-order valence-electron chi connectivity index (χ1n) is 10.6. The zero-order chi connectivity index (χ0) is 22.0. The molecule has 3 atom stereocenters. The number of aromatic nitrogens is 4. The lowest BCUT2D eigenvalue weighted by Gasteiger charge is -2.27. The molecule has 1 N–H and O–H groups in total. The third-order valence-corrected chi connectivity index (χ3v) is 5.81. The highest BCUT2D eigenvalue weighted by Gasteiger charge is 2.51. The molecule has 3 heterocycles. The number of amides is 3. The molecule has 31 heavy (non-hydrogen) atoms. The van der Waals surface area contributed by atoms with Crippen LogP contribution in [0.4, 0.5) is 0 Å². The second-order valence-electron chi connectivity index (χ2n) is 8.39. The van der Waals surface area contributed by atoms with Gasteiger partial charge >= 0.3 is 0 Å². The van der Waals surface area contributed by atoms with Gasteiger partial charge in [0.1, 0.15) is 18.7 Å². The molecule has 2 aliphatic rings. The maximum Gasteiger partial charge on any atom is 0.243 e. The molecule has 3 amide bonds. The smallest absolute Gasteiger partial charge is 0.243 e. The van der Waals surface area contributed by atoms with E-state index >= 15 is 0 Å². The van der Waals surface area contributed by atoms with Gasteiger partial charge in [0.25, 0.3) is 0 Å². The van der Waals surface area contributed by atoms with E-state index < -0.39 is 6.04 Å². The number of carbonyl (C=O) groups is 3. The zero-order valence-corrected chi connectivity index (χ0v) is 17.6. The van der Waals surface area contributed by atoms with E-state index in [2.05, 4.69) is 20.4 Å². The van der Waals surface area contributed by atoms with Crippen molar-refractivity contribution in [2.45, 2.75) is 45.7 Å². The summed E-state index contributed by atoms with van der Waals surface area (Å²) in [5.41, 5.74) is 0.751. The fourth-order valence-corrected chi connectivity index (χ4v) is 4.30. The van der Waals surface area contributed by atoms with Crippen molar-refractivity contribution in [1.82, 2.24) is 30.0 Å². The minimum Gasteiger partial charge on any atom is -0.350 e. The van der Waals surface area contributed by atoms with Crippen molar-refractivity contribution < 1.29 is 14.4 Å². The van der Waals surface area contributed by atoms with Crippen LogP contribution in [0.2, 0.25) is 0 Å². The number of pyridine rings is 1. The Balaban J connectivity index is 1.53. The van der Waals surface area contributed by atoms with Crippen molar-refractivity contribution in [3.8, 4) is 5.82 Å². The molecular formula is C22H26N6O3. The zero-order valence-electron chi connectivity index (χ0n) is 17.6. The van der Waals surface area contributed by atoms with Gasteiger partial charge in [-0.05, 0) is 31.2 Å². The summed E-state index contributed by atoms with van der Waals surface area (Å²) in [5, 5.41) is 7.00. The van der Waals surface area contributed by atoms with Crippen LogP contribution in [0.1, 0.15) is 38.7 Å². The lowest BCUT2D eigenvalue weighted by molar-refractivity contribution is -0.148. The molecule has 1 aliphatic heterocycles. The molecule has 0 spiro atoms. The second-order valence-corrected chi connectivity index (χ2v) is 8.39. The molecule has 2 aromatic heterocycles. The van der Waals surface area contributed by atoms with Crippen LogP contribution in [-0.2, 0) is 20.9 Å². The molecule has 1 saturated heterocycles. The number of imide groups is 1. The first-order chi connectivity index (χ1) is 15.0. The molecule has 2 aromatic rings. The predicted molar refractivity (Wildman–Crippen MR) is 111 cm³/mol. The van der Waals surface area contributed by atoms with Crippen LogP contribution in [-0.4, -0.2) is 48.4 Å². The van der Waals surface area contributed by atoms with Gasteiger partial charge in [0.2, 0.25) is 17.7 Å². The van der Waals surface area contributed by atoms with Gasteiger partial charge in [0, 0.05) is 18.3 Å². The van der Waals surface area contributed by atoms with Crippen molar-refractivity contribution in [2.24, 2.45) is 17.8 Å². The number of hydrogen-bond donors (Lipinski definition) is 1. The summed E-state index contributed by atoms with van der Waals surface area (Å²) in [4.78, 5) is 48.7. The number of fused-ring (bicyclic) bond motifs is 1. The van der Waals surface area contributed by atoms with Crippen molar-refractivity contribution in [1.29, 1.82) is 0 Å². The molecule has 9 heteroatoms. The van der Waals surface area contributed by atoms with Gasteiger partial charge in [-0.25, -0.2) is 14.6 Å². The number of likely N-dealkylation sites (tertiary alicyclic amines) is 1. The fraction of sp³-hybridized carbons (Fsp3) is 0.455. The maximum atomic E-state index is 13.2. The molecule has 1 fully saturated rings. The van der Waals surface area contributed by atoms with Crippen LogP contribution in [0.3, 0.4) is 0 Å². The summed E-state index contributed by atoms with van der Waals surface area (Å²) in [6.07, 6.45) is 10.0. The van der Waals surface area contributed by atoms with E-state index in [1.54, 1.807) is 12.3 Å². The van der Waals surface area contributed by atoms with E-state index in [1.807, 2.05) is 32.1 Å². The van der Waals surface area contributed by atoms with Crippen LogP contribution in [0.25, 0.3) is 5.82 Å². The van der Waals surface area contributed by atoms with Crippen molar-refractivity contribution in [2.75, 3.05) is 0 Å². The first kappa shape index (κ1) is 20.9. The van der Waals surface area contributed by atoms with Crippen molar-refractivity contribution >= 4 is 17.7 Å². The highest BCUT2D eigenvalue weighted by Crippen LogP contribution is 2.37. The van der Waals surface area contributed by atoms with Gasteiger partial charge in [-0.1, -0.05) is 32.1 Å². The summed E-state index contributed by atoms with van der Waals surface area (Å²) in [7, 11) is 0. The minimum atomic E-state index is -0.822. The summed E-state index contributed by atoms with van der Waals surface area (Å²) in [5.74, 6) is -0.799. The maximum absolute atomic E-state index is 13.2. The van der Waals surface area contributed by atoms with E-state index in [9.17, 15) is 14.4 Å². The normalized spacial score (nSPS) is 21.5. The summed E-state index contributed by atoms with van der Waals surface area (Å²) in [6.45, 7) is 4.15. The van der Waals surface area contributed by atoms with Gasteiger partial charge in [0.15, 0.2) is 5.82 Å². The topological polar surface area (TPSA) is 110 Å². The number of hydrogen-bond acceptors (Lipinski definition) is 6. The molecule has 0 radical (unpaired) electrons. The standard InChI is InChI=1S/C22H26N6O3/c1-14(2)10-18(28-21(30)16-7-3-4-8-17(16)22(28)31)20(29)25-11-15-6-5-9-24-19(15)27-13-23-12-26-27/h3-6,9,12-14,16-18H,7-8,10-11H2,1-2H3,(H,25,29)/t16-,17+,18-/m0/s1. The van der Waals surface area contributed by atoms with E-state index in [-0.39, 0.29) is 42.0 Å². The highest BCUT2D eigenvalue weighted by molar-refractivity contribution is 6.08. The average Bonchev–Trinajstić information content (AvgIpc) is 3.39. The Morgan fingerprint density at radius 3 is 2.52 bits per heavy atom. The fourth-order valence-electron chi connectivity index (χ4n) is 4.30. The lowest BCUT2D eigenvalue weighted by atomic mass is 9.85. The number of nitrogens with zero attached hydrogens (tertiary/aromatic N) is 5. The monoisotopic (exact) mass is 422 g/mol. The van der Waals surface area contributed by atoms with Crippen LogP contribution in [0, 0.1) is 17.8 Å². The summed E-state index contributed by atoms with van der Waals surface area (Å²) < 4.78 is 1.53. The molecular weight excluding hydrogens is 396 g/mol. The number of nitrogens with one attached hydrogen (secondary N) is 1. The quantitative estimate of drug-likeness (QED) is 0.537. The third-order valence-electron chi connectivity index (χ3n) is 5.81. The number of allylic oxidation sites excluding steroid dienone is 2. The van der Waals surface area contributed by atoms with Gasteiger partial charge in [-0.15, -0.1) is 0 Å². The van der Waals surface area contributed by atoms with Crippen LogP contribution < -0.4 is 5.32 Å². The van der Waals surface area contributed by atoms with E-state index in [0.717, 1.165) is 5.56 Å². The van der Waals surface area contributed by atoms with Gasteiger partial charge in [0.05, 0.1) is 11.8 Å². The summed E-state index contributed by atoms with van der Waals surface area (Å²) in [6, 6.07) is 2.80. The molecule has 9 nitrogen and oxygen atoms in total. The minimum absolute atomic E-state index is 0.140. The van der Waals surface area contributed by atoms with Crippen molar-refractivity contribution in [3.05, 3.63) is 48.7 Å². The Labute approximate surface area is 180 Å². The molecule has 4 rings (SSSR count).